The summed E-state index contributed by atoms with van der Waals surface area (Å²) in [7, 11) is 1.45. The van der Waals surface area contributed by atoms with Crippen molar-refractivity contribution in [3.8, 4) is 5.75 Å². The summed E-state index contributed by atoms with van der Waals surface area (Å²) in [6, 6.07) is 3.78. The van der Waals surface area contributed by atoms with Crippen molar-refractivity contribution in [2.75, 3.05) is 7.11 Å². The van der Waals surface area contributed by atoms with Crippen LogP contribution in [-0.4, -0.2) is 18.3 Å². The molecule has 78 valence electrons. The maximum absolute atomic E-state index is 13.4. The zero-order valence-electron chi connectivity index (χ0n) is 8.20. The molecule has 0 unspecified atom stereocenters. The summed E-state index contributed by atoms with van der Waals surface area (Å²) in [5, 5.41) is 9.54. The van der Waals surface area contributed by atoms with E-state index in [4.69, 9.17) is 10.5 Å². The molecule has 0 saturated carbocycles. The van der Waals surface area contributed by atoms with E-state index in [1.54, 1.807) is 13.0 Å². The summed E-state index contributed by atoms with van der Waals surface area (Å²) in [5.41, 5.74) is 5.65. The quantitative estimate of drug-likeness (QED) is 0.769. The molecule has 1 aromatic rings. The number of benzene rings is 1. The summed E-state index contributed by atoms with van der Waals surface area (Å²) < 4.78 is 18.2. The molecule has 4 heteroatoms. The van der Waals surface area contributed by atoms with E-state index in [1.807, 2.05) is 0 Å². The smallest absolute Gasteiger partial charge is 0.132 e. The molecule has 14 heavy (non-hydrogen) atoms. The van der Waals surface area contributed by atoms with Gasteiger partial charge in [0.15, 0.2) is 0 Å². The minimum atomic E-state index is -0.985. The number of ether oxygens (including phenoxy) is 1. The minimum Gasteiger partial charge on any atom is -0.497 e. The van der Waals surface area contributed by atoms with E-state index >= 15 is 0 Å². The molecule has 0 aliphatic rings. The van der Waals surface area contributed by atoms with Crippen molar-refractivity contribution in [1.29, 1.82) is 0 Å². The molecule has 0 aliphatic carbocycles. The predicted octanol–water partition coefficient (Wildman–Crippen LogP) is 1.21. The Labute approximate surface area is 82.3 Å². The molecule has 3 nitrogen and oxygen atoms in total. The fraction of sp³-hybridized carbons (Fsp3) is 0.400. The van der Waals surface area contributed by atoms with Gasteiger partial charge in [0.05, 0.1) is 13.2 Å². The van der Waals surface area contributed by atoms with E-state index in [2.05, 4.69) is 0 Å². The molecule has 1 rings (SSSR count). The van der Waals surface area contributed by atoms with Crippen LogP contribution in [0.1, 0.15) is 18.6 Å². The average molecular weight is 199 g/mol. The fourth-order valence-corrected chi connectivity index (χ4v) is 1.16. The summed E-state index contributed by atoms with van der Waals surface area (Å²) in [6.07, 6.45) is -0.985. The lowest BCUT2D eigenvalue weighted by atomic mass is 10.0. The van der Waals surface area contributed by atoms with Crippen LogP contribution in [0.3, 0.4) is 0 Å². The first kappa shape index (κ1) is 10.9. The molecule has 0 aromatic heterocycles. The lowest BCUT2D eigenvalue weighted by molar-refractivity contribution is 0.149. The third-order valence-corrected chi connectivity index (χ3v) is 2.02. The number of methoxy groups -OCH3 is 1. The highest BCUT2D eigenvalue weighted by Crippen LogP contribution is 2.23. The van der Waals surface area contributed by atoms with Crippen molar-refractivity contribution in [2.45, 2.75) is 19.1 Å². The predicted molar refractivity (Wildman–Crippen MR) is 51.6 cm³/mol. The lowest BCUT2D eigenvalue weighted by Gasteiger charge is -2.15. The van der Waals surface area contributed by atoms with Crippen LogP contribution in [0, 0.1) is 5.82 Å². The first-order valence-corrected chi connectivity index (χ1v) is 4.33. The van der Waals surface area contributed by atoms with E-state index in [1.165, 1.54) is 19.2 Å². The number of halogens is 1. The monoisotopic (exact) mass is 199 g/mol. The Hall–Kier alpha value is -1.13. The molecule has 0 spiro atoms. The van der Waals surface area contributed by atoms with Crippen molar-refractivity contribution in [3.63, 3.8) is 0 Å². The number of hydrogen-bond donors (Lipinski definition) is 2. The Morgan fingerprint density at radius 3 is 2.57 bits per heavy atom. The van der Waals surface area contributed by atoms with Crippen LogP contribution in [0.25, 0.3) is 0 Å². The normalized spacial score (nSPS) is 14.9. The van der Waals surface area contributed by atoms with Crippen molar-refractivity contribution in [1.82, 2.24) is 0 Å². The largest absolute Gasteiger partial charge is 0.497 e. The van der Waals surface area contributed by atoms with Crippen molar-refractivity contribution < 1.29 is 14.2 Å². The Morgan fingerprint density at radius 2 is 2.14 bits per heavy atom. The number of nitrogens with two attached hydrogens (primary N) is 1. The third kappa shape index (κ3) is 2.21. The fourth-order valence-electron chi connectivity index (χ4n) is 1.16. The molecule has 3 N–H and O–H groups in total. The van der Waals surface area contributed by atoms with Crippen LogP contribution < -0.4 is 10.5 Å². The molecule has 0 bridgehead atoms. The average Bonchev–Trinajstić information content (AvgIpc) is 2.16. The molecule has 1 aromatic carbocycles. The van der Waals surface area contributed by atoms with Gasteiger partial charge in [0.25, 0.3) is 0 Å². The molecular weight excluding hydrogens is 185 g/mol. The standard InChI is InChI=1S/C10H14FNO2/c1-6(12)10(13)8-4-3-7(14-2)5-9(8)11/h3-6,10,13H,12H2,1-2H3/t6-,10-/m0/s1. The van der Waals surface area contributed by atoms with Crippen LogP contribution in [0.5, 0.6) is 5.75 Å². The van der Waals surface area contributed by atoms with Crippen molar-refractivity contribution in [2.24, 2.45) is 5.73 Å². The van der Waals surface area contributed by atoms with E-state index in [-0.39, 0.29) is 5.56 Å². The summed E-state index contributed by atoms with van der Waals surface area (Å²) in [4.78, 5) is 0. The van der Waals surface area contributed by atoms with Gasteiger partial charge in [0, 0.05) is 17.7 Å². The van der Waals surface area contributed by atoms with E-state index in [0.29, 0.717) is 5.75 Å². The number of rotatable bonds is 3. The van der Waals surface area contributed by atoms with Gasteiger partial charge in [-0.15, -0.1) is 0 Å². The van der Waals surface area contributed by atoms with E-state index < -0.39 is 18.0 Å². The van der Waals surface area contributed by atoms with Gasteiger partial charge < -0.3 is 15.6 Å². The first-order valence-electron chi connectivity index (χ1n) is 4.33. The molecule has 0 saturated heterocycles. The highest BCUT2D eigenvalue weighted by atomic mass is 19.1. The van der Waals surface area contributed by atoms with Gasteiger partial charge in [-0.3, -0.25) is 0 Å². The highest BCUT2D eigenvalue weighted by molar-refractivity contribution is 5.30. The maximum atomic E-state index is 13.4. The van der Waals surface area contributed by atoms with Crippen molar-refractivity contribution >= 4 is 0 Å². The van der Waals surface area contributed by atoms with Crippen LogP contribution in [0.15, 0.2) is 18.2 Å². The van der Waals surface area contributed by atoms with Gasteiger partial charge in [-0.2, -0.15) is 0 Å². The van der Waals surface area contributed by atoms with E-state index in [9.17, 15) is 9.50 Å². The minimum absolute atomic E-state index is 0.195. The van der Waals surface area contributed by atoms with Crippen LogP contribution in [0.2, 0.25) is 0 Å². The molecule has 0 amide bonds. The second kappa shape index (κ2) is 4.39. The number of hydrogen-bond acceptors (Lipinski definition) is 3. The summed E-state index contributed by atoms with van der Waals surface area (Å²) >= 11 is 0. The molecule has 0 fully saturated rings. The number of aliphatic hydroxyl groups is 1. The maximum Gasteiger partial charge on any atom is 0.132 e. The summed E-state index contributed by atoms with van der Waals surface area (Å²) in [5.74, 6) is -0.0859. The van der Waals surface area contributed by atoms with Gasteiger partial charge in [0.2, 0.25) is 0 Å². The van der Waals surface area contributed by atoms with Crippen LogP contribution in [0.4, 0.5) is 4.39 Å². The number of aliphatic hydroxyl groups excluding tert-OH is 1. The Bertz CT molecular complexity index is 315. The zero-order valence-corrected chi connectivity index (χ0v) is 8.20. The topological polar surface area (TPSA) is 55.5 Å². The second-order valence-corrected chi connectivity index (χ2v) is 3.19. The van der Waals surface area contributed by atoms with Gasteiger partial charge >= 0.3 is 0 Å². The first-order chi connectivity index (χ1) is 6.56. The molecule has 0 aliphatic heterocycles. The second-order valence-electron chi connectivity index (χ2n) is 3.19. The Balaban J connectivity index is 2.99. The van der Waals surface area contributed by atoms with Gasteiger partial charge in [-0.25, -0.2) is 4.39 Å². The molecule has 0 radical (unpaired) electrons. The Morgan fingerprint density at radius 1 is 1.50 bits per heavy atom. The zero-order chi connectivity index (χ0) is 10.7. The lowest BCUT2D eigenvalue weighted by Crippen LogP contribution is -2.25. The Kier molecular flexibility index (Phi) is 3.43. The molecule has 0 heterocycles. The van der Waals surface area contributed by atoms with Gasteiger partial charge in [0.1, 0.15) is 11.6 Å². The molecule has 2 atom stereocenters. The molecular formula is C10H14FNO2. The van der Waals surface area contributed by atoms with Gasteiger partial charge in [-0.1, -0.05) is 0 Å². The summed E-state index contributed by atoms with van der Waals surface area (Å²) in [6.45, 7) is 1.62. The highest BCUT2D eigenvalue weighted by Gasteiger charge is 2.16. The van der Waals surface area contributed by atoms with Gasteiger partial charge in [-0.05, 0) is 19.1 Å². The third-order valence-electron chi connectivity index (χ3n) is 2.02. The van der Waals surface area contributed by atoms with Crippen molar-refractivity contribution in [3.05, 3.63) is 29.6 Å². The SMILES string of the molecule is COc1ccc([C@@H](O)[C@H](C)N)c(F)c1. The van der Waals surface area contributed by atoms with Crippen LogP contribution >= 0.6 is 0 Å². The van der Waals surface area contributed by atoms with E-state index in [0.717, 1.165) is 0 Å². The van der Waals surface area contributed by atoms with Crippen LogP contribution in [-0.2, 0) is 0 Å².